The van der Waals surface area contributed by atoms with Crippen molar-refractivity contribution in [3.8, 4) is 6.07 Å². The van der Waals surface area contributed by atoms with E-state index in [0.29, 0.717) is 25.4 Å². The molecule has 0 saturated heterocycles. The summed E-state index contributed by atoms with van der Waals surface area (Å²) < 4.78 is 0. The van der Waals surface area contributed by atoms with Crippen molar-refractivity contribution in [3.05, 3.63) is 12.2 Å². The van der Waals surface area contributed by atoms with Crippen molar-refractivity contribution in [1.82, 2.24) is 10.6 Å². The lowest BCUT2D eigenvalue weighted by Crippen LogP contribution is -2.28. The van der Waals surface area contributed by atoms with Crippen LogP contribution in [0, 0.1) is 17.2 Å². The third kappa shape index (κ3) is 7.12. The highest BCUT2D eigenvalue weighted by molar-refractivity contribution is 5.87. The van der Waals surface area contributed by atoms with Gasteiger partial charge >= 0.3 is 0 Å². The van der Waals surface area contributed by atoms with Crippen molar-refractivity contribution in [1.29, 1.82) is 5.26 Å². The van der Waals surface area contributed by atoms with Gasteiger partial charge in [-0.25, -0.2) is 0 Å². The van der Waals surface area contributed by atoms with Crippen LogP contribution in [0.3, 0.4) is 0 Å². The van der Waals surface area contributed by atoms with E-state index < -0.39 is 0 Å². The zero-order chi connectivity index (χ0) is 12.5. The standard InChI is InChI=1S/C12H17N3O2/c13-7-6-12(17)15-9-1-8-14-11(16)5-4-10-2-3-10/h4-5,10H,1-3,6,8-9H2,(H,14,16)(H,15,17)/b5-4+. The number of hydrogen-bond donors (Lipinski definition) is 2. The minimum Gasteiger partial charge on any atom is -0.355 e. The number of nitrogens with one attached hydrogen (secondary N) is 2. The number of amides is 2. The molecule has 2 amide bonds. The molecule has 17 heavy (non-hydrogen) atoms. The van der Waals surface area contributed by atoms with Crippen LogP contribution in [0.15, 0.2) is 12.2 Å². The molecule has 0 heterocycles. The maximum Gasteiger partial charge on any atom is 0.243 e. The van der Waals surface area contributed by atoms with E-state index in [-0.39, 0.29) is 18.2 Å². The minimum absolute atomic E-state index is 0.0831. The third-order valence-electron chi connectivity index (χ3n) is 2.36. The van der Waals surface area contributed by atoms with Gasteiger partial charge in [0.1, 0.15) is 6.42 Å². The Morgan fingerprint density at radius 3 is 2.65 bits per heavy atom. The number of hydrogen-bond acceptors (Lipinski definition) is 3. The Bertz CT molecular complexity index is 340. The van der Waals surface area contributed by atoms with E-state index in [0.717, 1.165) is 0 Å². The van der Waals surface area contributed by atoms with Gasteiger partial charge in [0, 0.05) is 13.1 Å². The van der Waals surface area contributed by atoms with Gasteiger partial charge in [-0.1, -0.05) is 6.08 Å². The van der Waals surface area contributed by atoms with E-state index in [1.165, 1.54) is 12.8 Å². The molecule has 0 aromatic carbocycles. The molecule has 0 radical (unpaired) electrons. The SMILES string of the molecule is N#CCC(=O)NCCCNC(=O)/C=C/C1CC1. The van der Waals surface area contributed by atoms with Gasteiger partial charge in [-0.2, -0.15) is 5.26 Å². The van der Waals surface area contributed by atoms with E-state index in [4.69, 9.17) is 5.26 Å². The van der Waals surface area contributed by atoms with Crippen LogP contribution in [0.1, 0.15) is 25.7 Å². The second-order valence-corrected chi connectivity index (χ2v) is 4.03. The predicted octanol–water partition coefficient (Wildman–Crippen LogP) is 0.489. The molecule has 5 heteroatoms. The second kappa shape index (κ2) is 7.44. The molecule has 0 atom stereocenters. The first-order valence-electron chi connectivity index (χ1n) is 5.82. The average Bonchev–Trinajstić information content (AvgIpc) is 3.10. The highest BCUT2D eigenvalue weighted by Gasteiger charge is 2.17. The molecule has 0 aromatic heterocycles. The number of allylic oxidation sites excluding steroid dienone is 1. The molecule has 1 fully saturated rings. The Hall–Kier alpha value is -1.83. The lowest BCUT2D eigenvalue weighted by Gasteiger charge is -2.03. The van der Waals surface area contributed by atoms with Crippen LogP contribution >= 0.6 is 0 Å². The van der Waals surface area contributed by atoms with Gasteiger partial charge in [0.15, 0.2) is 0 Å². The van der Waals surface area contributed by atoms with Crippen molar-refractivity contribution in [3.63, 3.8) is 0 Å². The van der Waals surface area contributed by atoms with Crippen LogP contribution < -0.4 is 10.6 Å². The van der Waals surface area contributed by atoms with Crippen LogP contribution in [0.25, 0.3) is 0 Å². The van der Waals surface area contributed by atoms with E-state index >= 15 is 0 Å². The molecule has 1 rings (SSSR count). The Morgan fingerprint density at radius 2 is 2.00 bits per heavy atom. The molecule has 0 bridgehead atoms. The molecule has 2 N–H and O–H groups in total. The van der Waals surface area contributed by atoms with Crippen molar-refractivity contribution in [2.24, 2.45) is 5.92 Å². The summed E-state index contributed by atoms with van der Waals surface area (Å²) in [5, 5.41) is 13.6. The number of carbonyl (C=O) groups excluding carboxylic acids is 2. The Labute approximate surface area is 101 Å². The van der Waals surface area contributed by atoms with E-state index in [1.54, 1.807) is 12.1 Å². The summed E-state index contributed by atoms with van der Waals surface area (Å²) in [6.45, 7) is 1.01. The van der Waals surface area contributed by atoms with E-state index in [2.05, 4.69) is 10.6 Å². The topological polar surface area (TPSA) is 82.0 Å². The molecule has 1 aliphatic rings. The molecule has 5 nitrogen and oxygen atoms in total. The van der Waals surface area contributed by atoms with Crippen molar-refractivity contribution < 1.29 is 9.59 Å². The zero-order valence-corrected chi connectivity index (χ0v) is 9.74. The average molecular weight is 235 g/mol. The molecule has 0 unspecified atom stereocenters. The monoisotopic (exact) mass is 235 g/mol. The Balaban J connectivity index is 1.94. The lowest BCUT2D eigenvalue weighted by molar-refractivity contribution is -0.120. The fourth-order valence-electron chi connectivity index (χ4n) is 1.23. The molecule has 1 saturated carbocycles. The smallest absolute Gasteiger partial charge is 0.243 e. The maximum absolute atomic E-state index is 11.2. The van der Waals surface area contributed by atoms with Crippen molar-refractivity contribution in [2.75, 3.05) is 13.1 Å². The molecular weight excluding hydrogens is 218 g/mol. The van der Waals surface area contributed by atoms with Gasteiger partial charge in [0.05, 0.1) is 6.07 Å². The fraction of sp³-hybridized carbons (Fsp3) is 0.583. The van der Waals surface area contributed by atoms with Gasteiger partial charge < -0.3 is 10.6 Å². The molecular formula is C12H17N3O2. The summed E-state index contributed by atoms with van der Waals surface area (Å²) >= 11 is 0. The largest absolute Gasteiger partial charge is 0.355 e. The number of nitrogens with zero attached hydrogens (tertiary/aromatic N) is 1. The summed E-state index contributed by atoms with van der Waals surface area (Å²) in [7, 11) is 0. The third-order valence-corrected chi connectivity index (χ3v) is 2.36. The second-order valence-electron chi connectivity index (χ2n) is 4.03. The summed E-state index contributed by atoms with van der Waals surface area (Å²) in [6, 6.07) is 1.77. The summed E-state index contributed by atoms with van der Waals surface area (Å²) in [5.74, 6) is 0.249. The van der Waals surface area contributed by atoms with Gasteiger partial charge in [-0.3, -0.25) is 9.59 Å². The summed E-state index contributed by atoms with van der Waals surface area (Å²) in [6.07, 6.45) is 6.44. The lowest BCUT2D eigenvalue weighted by atomic mass is 10.3. The number of carbonyl (C=O) groups is 2. The molecule has 0 spiro atoms. The van der Waals surface area contributed by atoms with Crippen molar-refractivity contribution >= 4 is 11.8 Å². The van der Waals surface area contributed by atoms with Gasteiger partial charge in [0.25, 0.3) is 0 Å². The summed E-state index contributed by atoms with van der Waals surface area (Å²) in [5.41, 5.74) is 0. The molecule has 0 aliphatic heterocycles. The van der Waals surface area contributed by atoms with Crippen LogP contribution in [-0.2, 0) is 9.59 Å². The zero-order valence-electron chi connectivity index (χ0n) is 9.74. The predicted molar refractivity (Wildman–Crippen MR) is 62.7 cm³/mol. The highest BCUT2D eigenvalue weighted by atomic mass is 16.2. The highest BCUT2D eigenvalue weighted by Crippen LogP contribution is 2.29. The molecule has 0 aromatic rings. The normalized spacial score (nSPS) is 14.3. The Kier molecular flexibility index (Phi) is 5.80. The van der Waals surface area contributed by atoms with E-state index in [1.807, 2.05) is 6.08 Å². The van der Waals surface area contributed by atoms with Crippen molar-refractivity contribution in [2.45, 2.75) is 25.7 Å². The number of rotatable bonds is 7. The summed E-state index contributed by atoms with van der Waals surface area (Å²) in [4.78, 5) is 22.1. The van der Waals surface area contributed by atoms with E-state index in [9.17, 15) is 9.59 Å². The van der Waals surface area contributed by atoms with Gasteiger partial charge in [-0.15, -0.1) is 0 Å². The first-order chi connectivity index (χ1) is 8.22. The van der Waals surface area contributed by atoms with Gasteiger partial charge in [-0.05, 0) is 31.3 Å². The fourth-order valence-corrected chi connectivity index (χ4v) is 1.23. The van der Waals surface area contributed by atoms with Crippen LogP contribution in [0.2, 0.25) is 0 Å². The Morgan fingerprint density at radius 1 is 1.29 bits per heavy atom. The van der Waals surface area contributed by atoms with Gasteiger partial charge in [0.2, 0.25) is 11.8 Å². The molecule has 92 valence electrons. The van der Waals surface area contributed by atoms with Crippen LogP contribution in [0.4, 0.5) is 0 Å². The minimum atomic E-state index is -0.271. The first-order valence-corrected chi connectivity index (χ1v) is 5.82. The quantitative estimate of drug-likeness (QED) is 0.497. The van der Waals surface area contributed by atoms with Crippen LogP contribution in [-0.4, -0.2) is 24.9 Å². The van der Waals surface area contributed by atoms with Crippen LogP contribution in [0.5, 0.6) is 0 Å². The number of nitriles is 1. The molecule has 1 aliphatic carbocycles. The first kappa shape index (κ1) is 13.2. The maximum atomic E-state index is 11.2.